The number of nitrogens with one attached hydrogen (secondary N) is 1. The third kappa shape index (κ3) is 3.57. The molecule has 21 heavy (non-hydrogen) atoms. The summed E-state index contributed by atoms with van der Waals surface area (Å²) in [5, 5.41) is 3.58. The van der Waals surface area contributed by atoms with Crippen LogP contribution in [0.3, 0.4) is 0 Å². The van der Waals surface area contributed by atoms with Crippen molar-refractivity contribution in [2.75, 3.05) is 13.2 Å². The van der Waals surface area contributed by atoms with Gasteiger partial charge in [-0.2, -0.15) is 0 Å². The second kappa shape index (κ2) is 6.50. The molecule has 0 bridgehead atoms. The van der Waals surface area contributed by atoms with Crippen molar-refractivity contribution in [2.45, 2.75) is 32.9 Å². The van der Waals surface area contributed by atoms with Gasteiger partial charge in [-0.05, 0) is 38.5 Å². The molecule has 1 aliphatic heterocycles. The molecule has 1 aromatic heterocycles. The number of ether oxygens (including phenoxy) is 2. The van der Waals surface area contributed by atoms with Crippen molar-refractivity contribution in [1.29, 1.82) is 0 Å². The van der Waals surface area contributed by atoms with E-state index in [2.05, 4.69) is 37.4 Å². The molecular formula is C17H21NO2S. The van der Waals surface area contributed by atoms with Gasteiger partial charge in [0.25, 0.3) is 0 Å². The van der Waals surface area contributed by atoms with Crippen molar-refractivity contribution in [3.8, 4) is 11.5 Å². The number of hydrogen-bond donors (Lipinski definition) is 1. The second-order valence-electron chi connectivity index (χ2n) is 5.44. The van der Waals surface area contributed by atoms with Gasteiger partial charge >= 0.3 is 0 Å². The summed E-state index contributed by atoms with van der Waals surface area (Å²) in [5.41, 5.74) is 1.17. The van der Waals surface area contributed by atoms with E-state index in [-0.39, 0.29) is 0 Å². The monoisotopic (exact) mass is 303 g/mol. The van der Waals surface area contributed by atoms with E-state index in [1.165, 1.54) is 15.3 Å². The molecule has 1 atom stereocenters. The Hall–Kier alpha value is -1.52. The van der Waals surface area contributed by atoms with E-state index in [1.807, 2.05) is 23.5 Å². The highest BCUT2D eigenvalue weighted by atomic mass is 32.1. The first kappa shape index (κ1) is 14.4. The molecule has 0 aliphatic carbocycles. The van der Waals surface area contributed by atoms with E-state index < -0.39 is 0 Å². The first-order valence-electron chi connectivity index (χ1n) is 7.38. The molecule has 0 radical (unpaired) electrons. The third-order valence-corrected chi connectivity index (χ3v) is 4.62. The molecule has 4 heteroatoms. The Morgan fingerprint density at radius 1 is 1.19 bits per heavy atom. The Kier molecular flexibility index (Phi) is 4.46. The van der Waals surface area contributed by atoms with E-state index in [1.54, 1.807) is 0 Å². The maximum absolute atomic E-state index is 5.75. The predicted octanol–water partition coefficient (Wildman–Crippen LogP) is 3.55. The van der Waals surface area contributed by atoms with Gasteiger partial charge in [-0.1, -0.05) is 12.1 Å². The standard InChI is InChI=1S/C17H21NO2S/c1-12(10-15-7-6-13(2)21-15)18-11-14-4-3-5-16-17(14)20-9-8-19-16/h3-7,12,18H,8-11H2,1-2H3. The largest absolute Gasteiger partial charge is 0.486 e. The van der Waals surface area contributed by atoms with Crippen molar-refractivity contribution in [1.82, 2.24) is 5.32 Å². The Bertz CT molecular complexity index is 609. The summed E-state index contributed by atoms with van der Waals surface area (Å²) < 4.78 is 11.4. The zero-order valence-electron chi connectivity index (χ0n) is 12.5. The summed E-state index contributed by atoms with van der Waals surface area (Å²) in [4.78, 5) is 2.81. The van der Waals surface area contributed by atoms with E-state index in [4.69, 9.17) is 9.47 Å². The summed E-state index contributed by atoms with van der Waals surface area (Å²) in [5.74, 6) is 1.76. The molecule has 0 saturated carbocycles. The van der Waals surface area contributed by atoms with Crippen molar-refractivity contribution in [3.05, 3.63) is 45.6 Å². The molecule has 2 heterocycles. The van der Waals surface area contributed by atoms with Gasteiger partial charge in [-0.3, -0.25) is 0 Å². The molecule has 2 aromatic rings. The highest BCUT2D eigenvalue weighted by Crippen LogP contribution is 2.33. The minimum Gasteiger partial charge on any atom is -0.486 e. The number of rotatable bonds is 5. The first-order valence-corrected chi connectivity index (χ1v) is 8.20. The van der Waals surface area contributed by atoms with Gasteiger partial charge in [0.05, 0.1) is 0 Å². The molecule has 1 N–H and O–H groups in total. The number of aryl methyl sites for hydroxylation is 1. The highest BCUT2D eigenvalue weighted by molar-refractivity contribution is 7.11. The summed E-state index contributed by atoms with van der Waals surface area (Å²) in [6, 6.07) is 10.9. The number of para-hydroxylation sites is 1. The van der Waals surface area contributed by atoms with Crippen LogP contribution in [0.2, 0.25) is 0 Å². The van der Waals surface area contributed by atoms with Crippen LogP contribution in [0.25, 0.3) is 0 Å². The summed E-state index contributed by atoms with van der Waals surface area (Å²) in [7, 11) is 0. The second-order valence-corrected chi connectivity index (χ2v) is 6.81. The number of thiophene rings is 1. The molecule has 0 amide bonds. The maximum atomic E-state index is 5.75. The third-order valence-electron chi connectivity index (χ3n) is 3.59. The smallest absolute Gasteiger partial charge is 0.165 e. The normalized spacial score (nSPS) is 15.0. The van der Waals surface area contributed by atoms with Crippen LogP contribution in [-0.4, -0.2) is 19.3 Å². The van der Waals surface area contributed by atoms with E-state index >= 15 is 0 Å². The molecule has 112 valence electrons. The molecule has 3 nitrogen and oxygen atoms in total. The fraction of sp³-hybridized carbons (Fsp3) is 0.412. The maximum Gasteiger partial charge on any atom is 0.165 e. The SMILES string of the molecule is Cc1ccc(CC(C)NCc2cccc3c2OCCO3)s1. The Labute approximate surface area is 129 Å². The van der Waals surface area contributed by atoms with Crippen LogP contribution in [0, 0.1) is 6.92 Å². The molecule has 0 fully saturated rings. The fourth-order valence-electron chi connectivity index (χ4n) is 2.53. The van der Waals surface area contributed by atoms with Crippen molar-refractivity contribution < 1.29 is 9.47 Å². The highest BCUT2D eigenvalue weighted by Gasteiger charge is 2.15. The fourth-order valence-corrected chi connectivity index (χ4v) is 3.55. The van der Waals surface area contributed by atoms with Gasteiger partial charge in [-0.25, -0.2) is 0 Å². The van der Waals surface area contributed by atoms with E-state index in [9.17, 15) is 0 Å². The molecule has 3 rings (SSSR count). The summed E-state index contributed by atoms with van der Waals surface area (Å²) >= 11 is 1.88. The first-order chi connectivity index (χ1) is 10.2. The number of hydrogen-bond acceptors (Lipinski definition) is 4. The minimum absolute atomic E-state index is 0.434. The van der Waals surface area contributed by atoms with Crippen LogP contribution in [0.5, 0.6) is 11.5 Å². The lowest BCUT2D eigenvalue weighted by Gasteiger charge is -2.22. The lowest BCUT2D eigenvalue weighted by atomic mass is 10.1. The van der Waals surface area contributed by atoms with Crippen LogP contribution in [0.15, 0.2) is 30.3 Å². The van der Waals surface area contributed by atoms with Crippen LogP contribution in [0.4, 0.5) is 0 Å². The van der Waals surface area contributed by atoms with Crippen LogP contribution >= 0.6 is 11.3 Å². The molecule has 0 spiro atoms. The molecule has 0 saturated heterocycles. The van der Waals surface area contributed by atoms with Gasteiger partial charge in [-0.15, -0.1) is 11.3 Å². The van der Waals surface area contributed by atoms with Crippen molar-refractivity contribution in [2.24, 2.45) is 0 Å². The molecule has 1 aliphatic rings. The van der Waals surface area contributed by atoms with Gasteiger partial charge in [0.1, 0.15) is 13.2 Å². The molecule has 1 unspecified atom stereocenters. The van der Waals surface area contributed by atoms with E-state index in [0.717, 1.165) is 24.5 Å². The van der Waals surface area contributed by atoms with Gasteiger partial charge in [0.2, 0.25) is 0 Å². The van der Waals surface area contributed by atoms with Gasteiger partial charge in [0, 0.05) is 27.9 Å². The van der Waals surface area contributed by atoms with E-state index in [0.29, 0.717) is 19.3 Å². The van der Waals surface area contributed by atoms with Crippen molar-refractivity contribution in [3.63, 3.8) is 0 Å². The Morgan fingerprint density at radius 3 is 2.86 bits per heavy atom. The number of fused-ring (bicyclic) bond motifs is 1. The van der Waals surface area contributed by atoms with Gasteiger partial charge in [0.15, 0.2) is 11.5 Å². The zero-order chi connectivity index (χ0) is 14.7. The van der Waals surface area contributed by atoms with Crippen LogP contribution < -0.4 is 14.8 Å². The Balaban J connectivity index is 1.60. The quantitative estimate of drug-likeness (QED) is 0.916. The Morgan fingerprint density at radius 2 is 2.05 bits per heavy atom. The minimum atomic E-state index is 0.434. The van der Waals surface area contributed by atoms with Crippen molar-refractivity contribution >= 4 is 11.3 Å². The summed E-state index contributed by atoms with van der Waals surface area (Å²) in [6.45, 7) is 6.45. The molecule has 1 aromatic carbocycles. The van der Waals surface area contributed by atoms with Crippen LogP contribution in [-0.2, 0) is 13.0 Å². The lowest BCUT2D eigenvalue weighted by Crippen LogP contribution is -2.28. The zero-order valence-corrected chi connectivity index (χ0v) is 13.3. The average molecular weight is 303 g/mol. The van der Waals surface area contributed by atoms with Gasteiger partial charge < -0.3 is 14.8 Å². The predicted molar refractivity (Wildman–Crippen MR) is 86.5 cm³/mol. The molecular weight excluding hydrogens is 282 g/mol. The average Bonchev–Trinajstić information content (AvgIpc) is 2.90. The summed E-state index contributed by atoms with van der Waals surface area (Å²) in [6.07, 6.45) is 1.06. The topological polar surface area (TPSA) is 30.5 Å². The van der Waals surface area contributed by atoms with Crippen LogP contribution in [0.1, 0.15) is 22.2 Å². The number of benzene rings is 1. The lowest BCUT2D eigenvalue weighted by molar-refractivity contribution is 0.169.